The Morgan fingerprint density at radius 1 is 1.04 bits per heavy atom. The van der Waals surface area contributed by atoms with Crippen LogP contribution in [0.5, 0.6) is 0 Å². The molecule has 0 aliphatic rings. The average molecular weight is 406 g/mol. The highest BCUT2D eigenvalue weighted by Crippen LogP contribution is 2.34. The van der Waals surface area contributed by atoms with Crippen molar-refractivity contribution in [2.75, 3.05) is 4.72 Å². The fourth-order valence-corrected chi connectivity index (χ4v) is 4.76. The molecule has 0 aliphatic carbocycles. The summed E-state index contributed by atoms with van der Waals surface area (Å²) in [6.07, 6.45) is 0. The molecule has 3 rings (SSSR count). The number of nitrogens with one attached hydrogen (secondary N) is 1. The molecular formula is C20H20ClNO2S2. The van der Waals surface area contributed by atoms with Crippen LogP contribution < -0.4 is 4.72 Å². The molecule has 1 heterocycles. The van der Waals surface area contributed by atoms with Crippen molar-refractivity contribution < 1.29 is 8.42 Å². The molecule has 0 spiro atoms. The SMILES string of the molecule is CC(C)(C)c1ccc(S(=O)(=O)Nc2ccsc2)c(-c2cccc(Cl)c2)c1. The first-order valence-electron chi connectivity index (χ1n) is 8.12. The monoisotopic (exact) mass is 405 g/mol. The van der Waals surface area contributed by atoms with E-state index in [0.717, 1.165) is 11.1 Å². The third kappa shape index (κ3) is 4.11. The van der Waals surface area contributed by atoms with E-state index in [1.165, 1.54) is 11.3 Å². The predicted molar refractivity (Wildman–Crippen MR) is 111 cm³/mol. The minimum absolute atomic E-state index is 0.101. The van der Waals surface area contributed by atoms with Crippen molar-refractivity contribution in [1.29, 1.82) is 0 Å². The van der Waals surface area contributed by atoms with Gasteiger partial charge in [0.1, 0.15) is 0 Å². The lowest BCUT2D eigenvalue weighted by Gasteiger charge is -2.22. The van der Waals surface area contributed by atoms with E-state index in [1.807, 2.05) is 29.6 Å². The molecule has 0 radical (unpaired) electrons. The topological polar surface area (TPSA) is 46.2 Å². The van der Waals surface area contributed by atoms with E-state index in [4.69, 9.17) is 11.6 Å². The van der Waals surface area contributed by atoms with E-state index in [0.29, 0.717) is 16.3 Å². The van der Waals surface area contributed by atoms with Gasteiger partial charge in [-0.05, 0) is 52.3 Å². The summed E-state index contributed by atoms with van der Waals surface area (Å²) in [5.41, 5.74) is 2.93. The van der Waals surface area contributed by atoms with Crippen LogP contribution in [0.1, 0.15) is 26.3 Å². The number of hydrogen-bond acceptors (Lipinski definition) is 3. The van der Waals surface area contributed by atoms with Gasteiger partial charge in [-0.3, -0.25) is 4.72 Å². The van der Waals surface area contributed by atoms with Crippen LogP contribution in [0.15, 0.2) is 64.2 Å². The standard InChI is InChI=1S/C20H20ClNO2S2/c1-20(2,3)15-7-8-19(26(23,24)22-17-9-10-25-13-17)18(12-15)14-5-4-6-16(21)11-14/h4-13,22H,1-3H3. The normalized spacial score (nSPS) is 12.2. The Hall–Kier alpha value is -1.82. The van der Waals surface area contributed by atoms with E-state index in [2.05, 4.69) is 25.5 Å². The van der Waals surface area contributed by atoms with Crippen molar-refractivity contribution in [2.24, 2.45) is 0 Å². The highest BCUT2D eigenvalue weighted by atomic mass is 35.5. The molecule has 2 aromatic carbocycles. The largest absolute Gasteiger partial charge is 0.279 e. The molecule has 0 fully saturated rings. The zero-order valence-corrected chi connectivity index (χ0v) is 17.2. The lowest BCUT2D eigenvalue weighted by atomic mass is 9.85. The molecule has 6 heteroatoms. The zero-order valence-electron chi connectivity index (χ0n) is 14.8. The number of rotatable bonds is 4. The summed E-state index contributed by atoms with van der Waals surface area (Å²) in [6, 6.07) is 14.5. The van der Waals surface area contributed by atoms with Crippen LogP contribution in [0.3, 0.4) is 0 Å². The molecule has 136 valence electrons. The van der Waals surface area contributed by atoms with Gasteiger partial charge in [-0.25, -0.2) is 8.42 Å². The van der Waals surface area contributed by atoms with Crippen molar-refractivity contribution in [3.05, 3.63) is 69.9 Å². The van der Waals surface area contributed by atoms with Gasteiger partial charge in [-0.1, -0.05) is 50.6 Å². The third-order valence-electron chi connectivity index (χ3n) is 4.04. The maximum absolute atomic E-state index is 13.0. The molecule has 0 atom stereocenters. The van der Waals surface area contributed by atoms with E-state index < -0.39 is 10.0 Å². The Balaban J connectivity index is 2.18. The van der Waals surface area contributed by atoms with Gasteiger partial charge in [-0.2, -0.15) is 11.3 Å². The van der Waals surface area contributed by atoms with E-state index >= 15 is 0 Å². The Bertz CT molecular complexity index is 1020. The molecular weight excluding hydrogens is 386 g/mol. The van der Waals surface area contributed by atoms with Gasteiger partial charge in [0.05, 0.1) is 10.6 Å². The minimum atomic E-state index is -3.72. The lowest BCUT2D eigenvalue weighted by molar-refractivity contribution is 0.588. The molecule has 1 aromatic heterocycles. The van der Waals surface area contributed by atoms with Gasteiger partial charge >= 0.3 is 0 Å². The van der Waals surface area contributed by atoms with Crippen molar-refractivity contribution in [3.63, 3.8) is 0 Å². The van der Waals surface area contributed by atoms with Crippen LogP contribution in [-0.2, 0) is 15.4 Å². The van der Waals surface area contributed by atoms with Gasteiger partial charge in [0.15, 0.2) is 0 Å². The number of thiophene rings is 1. The van der Waals surface area contributed by atoms with Gasteiger partial charge < -0.3 is 0 Å². The summed E-state index contributed by atoms with van der Waals surface area (Å²) in [4.78, 5) is 0.235. The Kier molecular flexibility index (Phi) is 5.15. The summed E-state index contributed by atoms with van der Waals surface area (Å²) >= 11 is 7.58. The van der Waals surface area contributed by atoms with Crippen LogP contribution in [0.4, 0.5) is 5.69 Å². The zero-order chi connectivity index (χ0) is 18.9. The second kappa shape index (κ2) is 7.06. The van der Waals surface area contributed by atoms with E-state index in [-0.39, 0.29) is 10.3 Å². The van der Waals surface area contributed by atoms with Crippen molar-refractivity contribution in [1.82, 2.24) is 0 Å². The van der Waals surface area contributed by atoms with Crippen LogP contribution in [0, 0.1) is 0 Å². The van der Waals surface area contributed by atoms with Gasteiger partial charge in [0, 0.05) is 16.0 Å². The number of anilines is 1. The number of hydrogen-bond donors (Lipinski definition) is 1. The average Bonchev–Trinajstić information content (AvgIpc) is 3.05. The van der Waals surface area contributed by atoms with Crippen molar-refractivity contribution in [2.45, 2.75) is 31.1 Å². The Morgan fingerprint density at radius 2 is 1.81 bits per heavy atom. The lowest BCUT2D eigenvalue weighted by Crippen LogP contribution is -2.16. The summed E-state index contributed by atoms with van der Waals surface area (Å²) in [7, 11) is -3.72. The second-order valence-corrected chi connectivity index (χ2v) is 9.96. The minimum Gasteiger partial charge on any atom is -0.279 e. The predicted octanol–water partition coefficient (Wildman–Crippen LogP) is 6.17. The quantitative estimate of drug-likeness (QED) is 0.564. The highest BCUT2D eigenvalue weighted by molar-refractivity contribution is 7.92. The molecule has 3 nitrogen and oxygen atoms in total. The number of sulfonamides is 1. The Labute approximate surface area is 163 Å². The van der Waals surface area contributed by atoms with E-state index in [9.17, 15) is 8.42 Å². The van der Waals surface area contributed by atoms with Crippen LogP contribution in [0.2, 0.25) is 5.02 Å². The molecule has 0 amide bonds. The van der Waals surface area contributed by atoms with Gasteiger partial charge in [-0.15, -0.1) is 0 Å². The highest BCUT2D eigenvalue weighted by Gasteiger charge is 2.23. The smallest absolute Gasteiger partial charge is 0.262 e. The summed E-state index contributed by atoms with van der Waals surface area (Å²) < 4.78 is 28.6. The van der Waals surface area contributed by atoms with Crippen molar-refractivity contribution in [3.8, 4) is 11.1 Å². The molecule has 0 unspecified atom stereocenters. The molecule has 0 saturated heterocycles. The van der Waals surface area contributed by atoms with Crippen LogP contribution in [0.25, 0.3) is 11.1 Å². The molecule has 3 aromatic rings. The first-order chi connectivity index (χ1) is 12.2. The second-order valence-electron chi connectivity index (χ2n) is 7.09. The first-order valence-corrected chi connectivity index (χ1v) is 10.9. The maximum atomic E-state index is 13.0. The van der Waals surface area contributed by atoms with Crippen LogP contribution in [-0.4, -0.2) is 8.42 Å². The van der Waals surface area contributed by atoms with Gasteiger partial charge in [0.25, 0.3) is 10.0 Å². The van der Waals surface area contributed by atoms with Crippen LogP contribution >= 0.6 is 22.9 Å². The molecule has 1 N–H and O–H groups in total. The fourth-order valence-electron chi connectivity index (χ4n) is 2.65. The van der Waals surface area contributed by atoms with Crippen molar-refractivity contribution >= 4 is 38.6 Å². The third-order valence-corrected chi connectivity index (χ3v) is 6.40. The summed E-state index contributed by atoms with van der Waals surface area (Å²) in [5, 5.41) is 4.16. The fraction of sp³-hybridized carbons (Fsp3) is 0.200. The molecule has 26 heavy (non-hydrogen) atoms. The maximum Gasteiger partial charge on any atom is 0.262 e. The summed E-state index contributed by atoms with van der Waals surface area (Å²) in [6.45, 7) is 6.30. The van der Waals surface area contributed by atoms with Gasteiger partial charge in [0.2, 0.25) is 0 Å². The molecule has 0 saturated carbocycles. The number of benzene rings is 2. The Morgan fingerprint density at radius 3 is 2.42 bits per heavy atom. The molecule has 0 bridgehead atoms. The molecule has 0 aliphatic heterocycles. The number of halogens is 1. The summed E-state index contributed by atoms with van der Waals surface area (Å²) in [5.74, 6) is 0. The van der Waals surface area contributed by atoms with E-state index in [1.54, 1.807) is 29.6 Å². The first kappa shape index (κ1) is 19.0.